The van der Waals surface area contributed by atoms with Crippen molar-refractivity contribution < 1.29 is 66.2 Å². The average Bonchev–Trinajstić information content (AvgIpc) is 3.85. The average molecular weight is 796 g/mol. The van der Waals surface area contributed by atoms with Gasteiger partial charge in [-0.3, -0.25) is 0 Å². The van der Waals surface area contributed by atoms with Gasteiger partial charge < -0.3 is 13.8 Å². The van der Waals surface area contributed by atoms with Gasteiger partial charge in [0.1, 0.15) is 0 Å². The van der Waals surface area contributed by atoms with E-state index in [4.69, 9.17) is 0 Å². The van der Waals surface area contributed by atoms with Crippen LogP contribution in [0.1, 0.15) is 1.43 Å². The van der Waals surface area contributed by atoms with Crippen LogP contribution < -0.4 is 12.4 Å². The quantitative estimate of drug-likeness (QED) is 0.106. The van der Waals surface area contributed by atoms with Crippen molar-refractivity contribution in [1.29, 1.82) is 0 Å². The van der Waals surface area contributed by atoms with E-state index in [-0.39, 0.29) is 66.2 Å². The van der Waals surface area contributed by atoms with Crippen molar-refractivity contribution in [2.45, 2.75) is 26.2 Å². The Morgan fingerprint density at radius 3 is 0.711 bits per heavy atom. The Balaban J connectivity index is 0. The van der Waals surface area contributed by atoms with Gasteiger partial charge in [-0.2, -0.15) is 70.1 Å². The molecule has 0 aliphatic rings. The second-order valence-electron chi connectivity index (χ2n) is 9.62. The number of hydrogen-bond donors (Lipinski definition) is 0. The summed E-state index contributed by atoms with van der Waals surface area (Å²) in [5, 5.41) is 10.6. The molecule has 8 rings (SSSR count). The minimum Gasteiger partial charge on any atom is -1.00 e. The molecule has 0 aliphatic carbocycles. The summed E-state index contributed by atoms with van der Waals surface area (Å²) >= 11 is 0. The summed E-state index contributed by atoms with van der Waals surface area (Å²) in [6.07, 6.45) is 0. The summed E-state index contributed by atoms with van der Waals surface area (Å²) in [6, 6.07) is 58.7. The maximum atomic E-state index is 2.15. The zero-order valence-electron chi connectivity index (χ0n) is 27.5. The third kappa shape index (κ3) is 15.3. The van der Waals surface area contributed by atoms with E-state index in [1.165, 1.54) is 43.1 Å². The molecule has 45 heavy (non-hydrogen) atoms. The van der Waals surface area contributed by atoms with E-state index in [0.717, 1.165) is 19.0 Å². The second kappa shape index (κ2) is 25.9. The van der Waals surface area contributed by atoms with Crippen LogP contribution in [0, 0.1) is 0 Å². The van der Waals surface area contributed by atoms with Crippen molar-refractivity contribution in [3.8, 4) is 0 Å². The molecule has 0 N–H and O–H groups in total. The molecule has 0 amide bonds. The third-order valence-electron chi connectivity index (χ3n) is 6.19. The van der Waals surface area contributed by atoms with Gasteiger partial charge in [0.25, 0.3) is 0 Å². The van der Waals surface area contributed by atoms with Crippen LogP contribution >= 0.6 is 0 Å². The Morgan fingerprint density at radius 1 is 0.356 bits per heavy atom. The predicted octanol–water partition coefficient (Wildman–Crippen LogP) is 8.92. The molecule has 0 saturated carbocycles. The van der Waals surface area contributed by atoms with Gasteiger partial charge >= 0.3 is 52.4 Å². The minimum absolute atomic E-state index is 0. The Bertz CT molecular complexity index is 1430. The van der Waals surface area contributed by atoms with E-state index in [0.29, 0.717) is 0 Å². The number of rotatable bonds is 0. The molecule has 0 nitrogen and oxygen atoms in total. The van der Waals surface area contributed by atoms with Crippen molar-refractivity contribution in [3.05, 3.63) is 170 Å². The van der Waals surface area contributed by atoms with Crippen molar-refractivity contribution in [2.24, 2.45) is 0 Å². The molecular weight excluding hydrogens is 755 g/mol. The predicted molar refractivity (Wildman–Crippen MR) is 194 cm³/mol. The van der Waals surface area contributed by atoms with Gasteiger partial charge in [0.15, 0.2) is 0 Å². The second-order valence-corrected chi connectivity index (χ2v) is 11.6. The van der Waals surface area contributed by atoms with Gasteiger partial charge in [0.05, 0.1) is 0 Å². The molecule has 0 heterocycles. The first kappa shape index (κ1) is 42.8. The Kier molecular flexibility index (Phi) is 24.7. The Hall–Kier alpha value is -2.19. The first-order chi connectivity index (χ1) is 20.7. The fourth-order valence-electron chi connectivity index (χ4n) is 4.28. The maximum absolute atomic E-state index is 2.15. The molecule has 224 valence electrons. The molecular formula is C40H41ClSi2Zr2. The number of fused-ring (bicyclic) bond motifs is 4. The standard InChI is InChI=1S/4C9H7.2C2H6Si.ClH.2Zr.H/c4*1-2-5-9-7-3-6-8(9)4-1;2*1-3-2;;;;/h4*1-7H;2*1-2H3;1H;;;/q4*-1;;;;2*+3;-1/p-1. The van der Waals surface area contributed by atoms with Gasteiger partial charge in [0, 0.05) is 19.0 Å². The number of benzene rings is 4. The van der Waals surface area contributed by atoms with Crippen LogP contribution in [0.25, 0.3) is 43.1 Å². The SMILES string of the molecule is C[Si]C.C[Si]C.[Cl-].[H-].[Zr+3].[Zr+3].c1ccc2[cH-]ccc2c1.c1ccc2[cH-]ccc2c1.c1ccc2[cH-]ccc2c1.c1ccc2[cH-]ccc2c1. The van der Waals surface area contributed by atoms with Crippen molar-refractivity contribution in [2.75, 3.05) is 0 Å². The summed E-state index contributed by atoms with van der Waals surface area (Å²) in [5.41, 5.74) is 0. The van der Waals surface area contributed by atoms with E-state index >= 15 is 0 Å². The maximum Gasteiger partial charge on any atom is 3.00 e. The van der Waals surface area contributed by atoms with Crippen LogP contribution in [0.15, 0.2) is 170 Å². The van der Waals surface area contributed by atoms with Crippen LogP contribution in [-0.4, -0.2) is 19.0 Å². The summed E-state index contributed by atoms with van der Waals surface area (Å²) < 4.78 is 0. The fourth-order valence-corrected chi connectivity index (χ4v) is 4.28. The van der Waals surface area contributed by atoms with E-state index < -0.39 is 0 Å². The van der Waals surface area contributed by atoms with E-state index in [1.807, 2.05) is 0 Å². The zero-order chi connectivity index (χ0) is 29.8. The molecule has 5 heteroatoms. The molecule has 0 bridgehead atoms. The van der Waals surface area contributed by atoms with Crippen LogP contribution in [-0.2, 0) is 52.4 Å². The van der Waals surface area contributed by atoms with Gasteiger partial charge in [-0.1, -0.05) is 50.5 Å². The van der Waals surface area contributed by atoms with Gasteiger partial charge in [0.2, 0.25) is 0 Å². The molecule has 8 aromatic rings. The molecule has 0 aliphatic heterocycles. The van der Waals surface area contributed by atoms with Gasteiger partial charge in [-0.05, 0) is 0 Å². The summed E-state index contributed by atoms with van der Waals surface area (Å²) in [7, 11) is 2.17. The molecule has 0 saturated heterocycles. The number of halogens is 1. The monoisotopic (exact) mass is 792 g/mol. The Labute approximate surface area is 321 Å². The molecule has 8 aromatic carbocycles. The van der Waals surface area contributed by atoms with Crippen molar-refractivity contribution >= 4 is 62.1 Å². The Morgan fingerprint density at radius 2 is 0.533 bits per heavy atom. The van der Waals surface area contributed by atoms with Crippen molar-refractivity contribution in [1.82, 2.24) is 0 Å². The number of hydrogen-bond acceptors (Lipinski definition) is 0. The van der Waals surface area contributed by atoms with E-state index in [9.17, 15) is 0 Å². The van der Waals surface area contributed by atoms with Crippen LogP contribution in [0.3, 0.4) is 0 Å². The smallest absolute Gasteiger partial charge is 1.00 e. The van der Waals surface area contributed by atoms with E-state index in [2.05, 4.69) is 196 Å². The third-order valence-corrected chi connectivity index (χ3v) is 6.19. The molecule has 6 radical (unpaired) electrons. The molecule has 0 aromatic heterocycles. The molecule has 0 fully saturated rings. The summed E-state index contributed by atoms with van der Waals surface area (Å²) in [6.45, 7) is 8.61. The van der Waals surface area contributed by atoms with Crippen LogP contribution in [0.2, 0.25) is 26.2 Å². The topological polar surface area (TPSA) is 0 Å². The first-order valence-corrected chi connectivity index (χ1v) is 18.3. The normalized spacial score (nSPS) is 8.98. The fraction of sp³-hybridized carbons (Fsp3) is 0.100. The largest absolute Gasteiger partial charge is 3.00 e. The minimum atomic E-state index is 0. The van der Waals surface area contributed by atoms with Crippen LogP contribution in [0.4, 0.5) is 0 Å². The summed E-state index contributed by atoms with van der Waals surface area (Å²) in [5.74, 6) is 0. The molecule has 0 unspecified atom stereocenters. The zero-order valence-corrected chi connectivity index (χ0v) is 34.2. The van der Waals surface area contributed by atoms with Crippen LogP contribution in [0.5, 0.6) is 0 Å². The van der Waals surface area contributed by atoms with Crippen molar-refractivity contribution in [3.63, 3.8) is 0 Å². The molecule has 0 atom stereocenters. The van der Waals surface area contributed by atoms with E-state index in [1.54, 1.807) is 0 Å². The van der Waals surface area contributed by atoms with Gasteiger partial charge in [-0.15, -0.1) is 119 Å². The molecule has 0 spiro atoms. The summed E-state index contributed by atoms with van der Waals surface area (Å²) in [4.78, 5) is 0. The first-order valence-electron chi connectivity index (χ1n) is 14.3. The van der Waals surface area contributed by atoms with Gasteiger partial charge in [-0.25, -0.2) is 0 Å².